The Morgan fingerprint density at radius 1 is 0.913 bits per heavy atom. The lowest BCUT2D eigenvalue weighted by Gasteiger charge is -2.28. The maximum atomic E-state index is 12.9. The van der Waals surface area contributed by atoms with Crippen LogP contribution in [-0.4, -0.2) is 36.5 Å². The zero-order valence-electron chi connectivity index (χ0n) is 11.1. The van der Waals surface area contributed by atoms with Crippen molar-refractivity contribution >= 4 is 11.9 Å². The minimum atomic E-state index is -6.49. The summed E-state index contributed by atoms with van der Waals surface area (Å²) in [6.07, 6.45) is -6.49. The minimum absolute atomic E-state index is 0.0463. The molecule has 0 atom stereocenters. The fourth-order valence-electron chi connectivity index (χ4n) is 1.32. The monoisotopic (exact) mass is 346 g/mol. The van der Waals surface area contributed by atoms with Crippen molar-refractivity contribution in [2.75, 3.05) is 6.54 Å². The molecule has 0 aliphatic heterocycles. The van der Waals surface area contributed by atoms with Gasteiger partial charge in [0.1, 0.15) is 0 Å². The van der Waals surface area contributed by atoms with Crippen molar-refractivity contribution < 1.29 is 40.3 Å². The number of alkyl halides is 7. The molecule has 0 aromatic heterocycles. The first-order chi connectivity index (χ1) is 10.4. The summed E-state index contributed by atoms with van der Waals surface area (Å²) in [7, 11) is 0. The normalized spacial score (nSPS) is 12.7. The predicted octanol–water partition coefficient (Wildman–Crippen LogP) is 2.96. The molecule has 0 unspecified atom stereocenters. The number of urea groups is 1. The van der Waals surface area contributed by atoms with E-state index in [1.54, 1.807) is 0 Å². The van der Waals surface area contributed by atoms with Crippen molar-refractivity contribution in [3.8, 4) is 0 Å². The summed E-state index contributed by atoms with van der Waals surface area (Å²) in [6.45, 7) is -2.31. The standard InChI is InChI=1S/C12H9F7N2O2/c13-10(14,11(15,16)12(17,18)19)6-20-9(23)21-8(22)7-4-2-1-3-5-7/h1-5H,6H2,(H2,20,21,22,23). The van der Waals surface area contributed by atoms with Gasteiger partial charge in [-0.2, -0.15) is 30.7 Å². The van der Waals surface area contributed by atoms with Crippen molar-refractivity contribution in [3.63, 3.8) is 0 Å². The molecule has 0 aliphatic rings. The van der Waals surface area contributed by atoms with Gasteiger partial charge in [0, 0.05) is 5.56 Å². The summed E-state index contributed by atoms with van der Waals surface area (Å²) in [5, 5.41) is 2.61. The van der Waals surface area contributed by atoms with Crippen LogP contribution in [0.15, 0.2) is 30.3 Å². The number of carbonyl (C=O) groups is 2. The highest BCUT2D eigenvalue weighted by Crippen LogP contribution is 2.46. The van der Waals surface area contributed by atoms with Gasteiger partial charge in [0.05, 0.1) is 6.54 Å². The third-order valence-electron chi connectivity index (χ3n) is 2.55. The van der Waals surface area contributed by atoms with E-state index in [-0.39, 0.29) is 5.56 Å². The zero-order valence-corrected chi connectivity index (χ0v) is 11.1. The van der Waals surface area contributed by atoms with E-state index >= 15 is 0 Å². The maximum absolute atomic E-state index is 12.9. The van der Waals surface area contributed by atoms with Crippen LogP contribution in [-0.2, 0) is 0 Å². The third kappa shape index (κ3) is 4.33. The van der Waals surface area contributed by atoms with Crippen molar-refractivity contribution in [2.45, 2.75) is 18.0 Å². The highest BCUT2D eigenvalue weighted by atomic mass is 19.4. The predicted molar refractivity (Wildman–Crippen MR) is 63.3 cm³/mol. The Hall–Kier alpha value is -2.33. The second-order valence-corrected chi connectivity index (χ2v) is 4.28. The molecule has 0 saturated heterocycles. The quantitative estimate of drug-likeness (QED) is 0.824. The summed E-state index contributed by atoms with van der Waals surface area (Å²) in [5.74, 6) is -13.0. The molecule has 0 aliphatic carbocycles. The summed E-state index contributed by atoms with van der Waals surface area (Å²) in [6, 6.07) is 5.26. The Balaban J connectivity index is 2.64. The highest BCUT2D eigenvalue weighted by molar-refractivity contribution is 6.04. The molecule has 0 radical (unpaired) electrons. The van der Waals surface area contributed by atoms with E-state index in [0.29, 0.717) is 0 Å². The minimum Gasteiger partial charge on any atom is -0.331 e. The topological polar surface area (TPSA) is 58.2 Å². The van der Waals surface area contributed by atoms with Gasteiger partial charge in [-0.15, -0.1) is 0 Å². The number of hydrogen-bond acceptors (Lipinski definition) is 2. The first-order valence-electron chi connectivity index (χ1n) is 5.85. The van der Waals surface area contributed by atoms with Crippen molar-refractivity contribution in [1.29, 1.82) is 0 Å². The van der Waals surface area contributed by atoms with Crippen molar-refractivity contribution in [2.24, 2.45) is 0 Å². The van der Waals surface area contributed by atoms with Crippen molar-refractivity contribution in [1.82, 2.24) is 10.6 Å². The second kappa shape index (κ2) is 6.42. The van der Waals surface area contributed by atoms with Crippen LogP contribution < -0.4 is 10.6 Å². The number of amides is 3. The molecule has 128 valence electrons. The summed E-state index contributed by atoms with van der Waals surface area (Å²) < 4.78 is 86.6. The first kappa shape index (κ1) is 18.7. The molecule has 3 amide bonds. The SMILES string of the molecule is O=C(NCC(F)(F)C(F)(F)C(F)(F)F)NC(=O)c1ccccc1. The molecule has 0 bridgehead atoms. The van der Waals surface area contributed by atoms with E-state index in [9.17, 15) is 40.3 Å². The molecule has 0 heterocycles. The summed E-state index contributed by atoms with van der Waals surface area (Å²) >= 11 is 0. The molecule has 0 spiro atoms. The van der Waals surface area contributed by atoms with Crippen LogP contribution in [0.25, 0.3) is 0 Å². The first-order valence-corrected chi connectivity index (χ1v) is 5.85. The van der Waals surface area contributed by atoms with E-state index in [2.05, 4.69) is 0 Å². The van der Waals surface area contributed by atoms with Gasteiger partial charge in [0.15, 0.2) is 0 Å². The van der Waals surface area contributed by atoms with Gasteiger partial charge in [-0.1, -0.05) is 18.2 Å². The van der Waals surface area contributed by atoms with E-state index in [1.807, 2.05) is 0 Å². The molecule has 1 aromatic carbocycles. The lowest BCUT2D eigenvalue weighted by atomic mass is 10.1. The fraction of sp³-hybridized carbons (Fsp3) is 0.333. The lowest BCUT2D eigenvalue weighted by molar-refractivity contribution is -0.352. The molecule has 0 saturated carbocycles. The number of benzene rings is 1. The van der Waals surface area contributed by atoms with Crippen molar-refractivity contribution in [3.05, 3.63) is 35.9 Å². The molecule has 4 nitrogen and oxygen atoms in total. The Morgan fingerprint density at radius 3 is 1.91 bits per heavy atom. The molecular weight excluding hydrogens is 337 g/mol. The largest absolute Gasteiger partial charge is 0.459 e. The molecule has 11 heteroatoms. The molecule has 23 heavy (non-hydrogen) atoms. The lowest BCUT2D eigenvalue weighted by Crippen LogP contribution is -2.57. The molecule has 1 rings (SSSR count). The Kier molecular flexibility index (Phi) is 5.23. The number of carbonyl (C=O) groups excluding carboxylic acids is 2. The number of halogens is 7. The number of hydrogen-bond donors (Lipinski definition) is 2. The van der Waals surface area contributed by atoms with Gasteiger partial charge < -0.3 is 5.32 Å². The number of rotatable bonds is 4. The Bertz CT molecular complexity index is 573. The van der Waals surface area contributed by atoms with Gasteiger partial charge in [-0.05, 0) is 12.1 Å². The van der Waals surface area contributed by atoms with Crippen LogP contribution in [0.5, 0.6) is 0 Å². The second-order valence-electron chi connectivity index (χ2n) is 4.28. The fourth-order valence-corrected chi connectivity index (χ4v) is 1.32. The van der Waals surface area contributed by atoms with E-state index in [0.717, 1.165) is 5.32 Å². The molecular formula is C12H9F7N2O2. The van der Waals surface area contributed by atoms with Crippen LogP contribution >= 0.6 is 0 Å². The molecule has 1 aromatic rings. The Labute approximate surface area is 124 Å². The van der Waals surface area contributed by atoms with Crippen LogP contribution in [0.2, 0.25) is 0 Å². The van der Waals surface area contributed by atoms with Gasteiger partial charge in [-0.3, -0.25) is 10.1 Å². The van der Waals surface area contributed by atoms with Crippen LogP contribution in [0.4, 0.5) is 35.5 Å². The smallest absolute Gasteiger partial charge is 0.331 e. The highest BCUT2D eigenvalue weighted by Gasteiger charge is 2.72. The van der Waals surface area contributed by atoms with Crippen LogP contribution in [0.3, 0.4) is 0 Å². The van der Waals surface area contributed by atoms with Gasteiger partial charge >= 0.3 is 24.1 Å². The zero-order chi connectivity index (χ0) is 17.9. The Morgan fingerprint density at radius 2 is 1.43 bits per heavy atom. The number of nitrogens with one attached hydrogen (secondary N) is 2. The van der Waals surface area contributed by atoms with Gasteiger partial charge in [0.25, 0.3) is 5.91 Å². The summed E-state index contributed by atoms with van der Waals surface area (Å²) in [5.41, 5.74) is -0.0463. The summed E-state index contributed by atoms with van der Waals surface area (Å²) in [4.78, 5) is 22.6. The van der Waals surface area contributed by atoms with Gasteiger partial charge in [0.2, 0.25) is 0 Å². The van der Waals surface area contributed by atoms with Crippen LogP contribution in [0, 0.1) is 0 Å². The average Bonchev–Trinajstić information content (AvgIpc) is 2.44. The average molecular weight is 346 g/mol. The van der Waals surface area contributed by atoms with E-state index in [1.165, 1.54) is 35.6 Å². The molecule has 0 fully saturated rings. The molecule has 2 N–H and O–H groups in total. The van der Waals surface area contributed by atoms with E-state index < -0.39 is 36.5 Å². The number of imide groups is 1. The van der Waals surface area contributed by atoms with Gasteiger partial charge in [-0.25, -0.2) is 4.79 Å². The van der Waals surface area contributed by atoms with E-state index in [4.69, 9.17) is 0 Å². The maximum Gasteiger partial charge on any atom is 0.459 e. The van der Waals surface area contributed by atoms with Crippen LogP contribution in [0.1, 0.15) is 10.4 Å². The third-order valence-corrected chi connectivity index (χ3v) is 2.55.